The first-order valence-electron chi connectivity index (χ1n) is 5.15. The molecule has 2 rings (SSSR count). The first-order valence-corrected chi connectivity index (χ1v) is 5.15. The number of hydrogen-bond acceptors (Lipinski definition) is 2. The zero-order valence-electron chi connectivity index (χ0n) is 8.86. The average Bonchev–Trinajstić information content (AvgIpc) is 2.65. The topological polar surface area (TPSA) is 12.5 Å². The Labute approximate surface area is 85.5 Å². The van der Waals surface area contributed by atoms with Crippen LogP contribution in [0.3, 0.4) is 0 Å². The van der Waals surface area contributed by atoms with E-state index in [0.29, 0.717) is 6.04 Å². The monoisotopic (exact) mass is 191 g/mol. The van der Waals surface area contributed by atoms with Crippen molar-refractivity contribution >= 4 is 0 Å². The Morgan fingerprint density at radius 1 is 1.29 bits per heavy atom. The molecule has 1 aliphatic rings. The largest absolute Gasteiger partial charge is 0.497 e. The summed E-state index contributed by atoms with van der Waals surface area (Å²) in [5.41, 5.74) is 1.41. The van der Waals surface area contributed by atoms with Crippen molar-refractivity contribution in [3.63, 3.8) is 0 Å². The molecule has 2 nitrogen and oxygen atoms in total. The molecule has 0 saturated carbocycles. The summed E-state index contributed by atoms with van der Waals surface area (Å²) in [6, 6.07) is 9.04. The highest BCUT2D eigenvalue weighted by atomic mass is 16.5. The Hall–Kier alpha value is -1.02. The maximum atomic E-state index is 5.15. The second kappa shape index (κ2) is 4.01. The van der Waals surface area contributed by atoms with E-state index in [4.69, 9.17) is 4.74 Å². The van der Waals surface area contributed by atoms with E-state index in [2.05, 4.69) is 24.1 Å². The molecule has 1 aromatic carbocycles. The second-order valence-electron chi connectivity index (χ2n) is 3.91. The lowest BCUT2D eigenvalue weighted by Gasteiger charge is -2.19. The van der Waals surface area contributed by atoms with Gasteiger partial charge in [0.1, 0.15) is 5.75 Å². The van der Waals surface area contributed by atoms with Gasteiger partial charge in [-0.25, -0.2) is 0 Å². The smallest absolute Gasteiger partial charge is 0.118 e. The Morgan fingerprint density at radius 3 is 2.50 bits per heavy atom. The molecule has 0 spiro atoms. The molecule has 0 amide bonds. The zero-order valence-corrected chi connectivity index (χ0v) is 8.86. The number of hydrogen-bond donors (Lipinski definition) is 0. The van der Waals surface area contributed by atoms with Crippen LogP contribution in [-0.2, 0) is 0 Å². The summed E-state index contributed by atoms with van der Waals surface area (Å²) in [4.78, 5) is 2.42. The minimum atomic E-state index is 0.612. The lowest BCUT2D eigenvalue weighted by molar-refractivity contribution is 0.317. The molecular weight excluding hydrogens is 174 g/mol. The van der Waals surface area contributed by atoms with Gasteiger partial charge in [-0.1, -0.05) is 12.1 Å². The van der Waals surface area contributed by atoms with E-state index in [-0.39, 0.29) is 0 Å². The van der Waals surface area contributed by atoms with Crippen molar-refractivity contribution in [2.75, 3.05) is 20.7 Å². The maximum Gasteiger partial charge on any atom is 0.118 e. The van der Waals surface area contributed by atoms with E-state index >= 15 is 0 Å². The highest BCUT2D eigenvalue weighted by Crippen LogP contribution is 2.30. The molecule has 0 bridgehead atoms. The van der Waals surface area contributed by atoms with Gasteiger partial charge < -0.3 is 4.74 Å². The molecule has 0 aromatic heterocycles. The van der Waals surface area contributed by atoms with Gasteiger partial charge in [0, 0.05) is 6.04 Å². The Morgan fingerprint density at radius 2 is 2.00 bits per heavy atom. The molecule has 0 radical (unpaired) electrons. The Balaban J connectivity index is 2.16. The van der Waals surface area contributed by atoms with Crippen molar-refractivity contribution in [1.82, 2.24) is 4.90 Å². The molecule has 0 N–H and O–H groups in total. The van der Waals surface area contributed by atoms with Crippen molar-refractivity contribution in [3.05, 3.63) is 29.8 Å². The normalized spacial score (nSPS) is 22.6. The highest BCUT2D eigenvalue weighted by molar-refractivity contribution is 5.29. The van der Waals surface area contributed by atoms with Gasteiger partial charge in [-0.05, 0) is 44.1 Å². The molecule has 1 heterocycles. The summed E-state index contributed by atoms with van der Waals surface area (Å²) in [5, 5.41) is 0. The van der Waals surface area contributed by atoms with Gasteiger partial charge in [0.15, 0.2) is 0 Å². The molecule has 1 fully saturated rings. The van der Waals surface area contributed by atoms with Crippen LogP contribution in [0.25, 0.3) is 0 Å². The Kier molecular flexibility index (Phi) is 2.73. The molecule has 1 aliphatic heterocycles. The van der Waals surface area contributed by atoms with E-state index < -0.39 is 0 Å². The SMILES string of the molecule is COc1ccc([C@@H]2CCCN2C)cc1. The Bertz CT molecular complexity index is 294. The van der Waals surface area contributed by atoms with Crippen LogP contribution in [-0.4, -0.2) is 25.6 Å². The van der Waals surface area contributed by atoms with Crippen LogP contribution >= 0.6 is 0 Å². The third-order valence-corrected chi connectivity index (χ3v) is 3.02. The molecule has 76 valence electrons. The molecule has 1 saturated heterocycles. The molecule has 0 unspecified atom stereocenters. The number of ether oxygens (including phenoxy) is 1. The summed E-state index contributed by atoms with van der Waals surface area (Å²) >= 11 is 0. The van der Waals surface area contributed by atoms with Gasteiger partial charge in [0.2, 0.25) is 0 Å². The fourth-order valence-corrected chi connectivity index (χ4v) is 2.16. The first-order chi connectivity index (χ1) is 6.81. The number of nitrogens with zero attached hydrogens (tertiary/aromatic N) is 1. The first kappa shape index (κ1) is 9.53. The minimum Gasteiger partial charge on any atom is -0.497 e. The van der Waals surface area contributed by atoms with E-state index in [0.717, 1.165) is 5.75 Å². The van der Waals surface area contributed by atoms with Crippen LogP contribution in [0.1, 0.15) is 24.4 Å². The maximum absolute atomic E-state index is 5.15. The van der Waals surface area contributed by atoms with Crippen LogP contribution in [0, 0.1) is 0 Å². The van der Waals surface area contributed by atoms with E-state index in [1.807, 2.05) is 12.1 Å². The molecule has 0 aliphatic carbocycles. The number of methoxy groups -OCH3 is 1. The van der Waals surface area contributed by atoms with E-state index in [1.165, 1.54) is 24.9 Å². The zero-order chi connectivity index (χ0) is 9.97. The van der Waals surface area contributed by atoms with Gasteiger partial charge in [0.05, 0.1) is 7.11 Å². The van der Waals surface area contributed by atoms with Crippen molar-refractivity contribution in [2.45, 2.75) is 18.9 Å². The van der Waals surface area contributed by atoms with Crippen LogP contribution in [0.4, 0.5) is 0 Å². The quantitative estimate of drug-likeness (QED) is 0.712. The fraction of sp³-hybridized carbons (Fsp3) is 0.500. The van der Waals surface area contributed by atoms with Gasteiger partial charge >= 0.3 is 0 Å². The minimum absolute atomic E-state index is 0.612. The predicted molar refractivity (Wildman–Crippen MR) is 57.6 cm³/mol. The lowest BCUT2D eigenvalue weighted by atomic mass is 10.0. The third-order valence-electron chi connectivity index (χ3n) is 3.02. The summed E-state index contributed by atoms with van der Waals surface area (Å²) < 4.78 is 5.15. The van der Waals surface area contributed by atoms with Crippen molar-refractivity contribution < 1.29 is 4.74 Å². The number of rotatable bonds is 2. The van der Waals surface area contributed by atoms with Gasteiger partial charge in [-0.2, -0.15) is 0 Å². The summed E-state index contributed by atoms with van der Waals surface area (Å²) in [6.07, 6.45) is 2.59. The van der Waals surface area contributed by atoms with Gasteiger partial charge in [-0.3, -0.25) is 4.90 Å². The lowest BCUT2D eigenvalue weighted by Crippen LogP contribution is -2.17. The molecule has 2 heteroatoms. The highest BCUT2D eigenvalue weighted by Gasteiger charge is 2.21. The van der Waals surface area contributed by atoms with Crippen LogP contribution < -0.4 is 4.74 Å². The third kappa shape index (κ3) is 1.75. The van der Waals surface area contributed by atoms with Crippen LogP contribution in [0.2, 0.25) is 0 Å². The molecule has 1 atom stereocenters. The van der Waals surface area contributed by atoms with Crippen LogP contribution in [0.15, 0.2) is 24.3 Å². The van der Waals surface area contributed by atoms with E-state index in [9.17, 15) is 0 Å². The van der Waals surface area contributed by atoms with Crippen LogP contribution in [0.5, 0.6) is 5.75 Å². The number of likely N-dealkylation sites (tertiary alicyclic amines) is 1. The summed E-state index contributed by atoms with van der Waals surface area (Å²) in [7, 11) is 3.90. The van der Waals surface area contributed by atoms with Gasteiger partial charge in [-0.15, -0.1) is 0 Å². The van der Waals surface area contributed by atoms with Gasteiger partial charge in [0.25, 0.3) is 0 Å². The van der Waals surface area contributed by atoms with Crippen molar-refractivity contribution in [1.29, 1.82) is 0 Å². The number of benzene rings is 1. The summed E-state index contributed by atoms with van der Waals surface area (Å²) in [5.74, 6) is 0.939. The van der Waals surface area contributed by atoms with Crippen molar-refractivity contribution in [3.8, 4) is 5.75 Å². The van der Waals surface area contributed by atoms with Crippen molar-refractivity contribution in [2.24, 2.45) is 0 Å². The standard InChI is InChI=1S/C12H17NO/c1-13-9-3-4-12(13)10-5-7-11(14-2)8-6-10/h5-8,12H,3-4,9H2,1-2H3/t12-/m0/s1. The predicted octanol–water partition coefficient (Wildman–Crippen LogP) is 2.46. The van der Waals surface area contributed by atoms with E-state index in [1.54, 1.807) is 7.11 Å². The molecular formula is C12H17NO. The second-order valence-corrected chi connectivity index (χ2v) is 3.91. The molecule has 1 aromatic rings. The molecule has 14 heavy (non-hydrogen) atoms. The average molecular weight is 191 g/mol. The fourth-order valence-electron chi connectivity index (χ4n) is 2.16. The summed E-state index contributed by atoms with van der Waals surface area (Å²) in [6.45, 7) is 1.22.